The minimum atomic E-state index is -0.159. The highest BCUT2D eigenvalue weighted by atomic mass is 32.2. The van der Waals surface area contributed by atoms with E-state index in [1.165, 1.54) is 24.6 Å². The number of nitrogens with zero attached hydrogens (tertiary/aromatic N) is 4. The summed E-state index contributed by atoms with van der Waals surface area (Å²) in [6.07, 6.45) is 5.98. The third kappa shape index (κ3) is 3.80. The van der Waals surface area contributed by atoms with E-state index in [2.05, 4.69) is 40.4 Å². The van der Waals surface area contributed by atoms with Crippen LogP contribution in [0.1, 0.15) is 51.4 Å². The van der Waals surface area contributed by atoms with E-state index < -0.39 is 0 Å². The zero-order valence-electron chi connectivity index (χ0n) is 15.1. The summed E-state index contributed by atoms with van der Waals surface area (Å²) in [4.78, 5) is 22.0. The van der Waals surface area contributed by atoms with Crippen molar-refractivity contribution in [1.29, 1.82) is 0 Å². The molecule has 1 aromatic rings. The standard InChI is InChI=1S/C18H30N4OS/c1-14(2)17-19-6-9-22(17)15(3)18(23)21-7-4-16(5-8-21)20-10-12-24-13-11-20/h6,9,14-16H,4-5,7-8,10-13H2,1-3H3/t15-/m0/s1. The molecule has 0 spiro atoms. The maximum Gasteiger partial charge on any atom is 0.245 e. The Kier molecular flexibility index (Phi) is 5.87. The summed E-state index contributed by atoms with van der Waals surface area (Å²) in [6.45, 7) is 10.5. The first kappa shape index (κ1) is 17.8. The molecule has 0 aliphatic carbocycles. The summed E-state index contributed by atoms with van der Waals surface area (Å²) in [5, 5.41) is 0. The summed E-state index contributed by atoms with van der Waals surface area (Å²) in [6, 6.07) is 0.512. The Hall–Kier alpha value is -1.01. The predicted molar refractivity (Wildman–Crippen MR) is 99.5 cm³/mol. The number of amides is 1. The minimum absolute atomic E-state index is 0.159. The second kappa shape index (κ2) is 7.91. The fourth-order valence-electron chi connectivity index (χ4n) is 3.88. The molecular weight excluding hydrogens is 320 g/mol. The smallest absolute Gasteiger partial charge is 0.245 e. The van der Waals surface area contributed by atoms with Crippen LogP contribution in [0.25, 0.3) is 0 Å². The minimum Gasteiger partial charge on any atom is -0.341 e. The van der Waals surface area contributed by atoms with E-state index in [-0.39, 0.29) is 11.9 Å². The van der Waals surface area contributed by atoms with E-state index in [0.29, 0.717) is 12.0 Å². The topological polar surface area (TPSA) is 41.4 Å². The molecule has 3 rings (SSSR count). The predicted octanol–water partition coefficient (Wildman–Crippen LogP) is 2.61. The molecule has 5 nitrogen and oxygen atoms in total. The van der Waals surface area contributed by atoms with Crippen LogP contribution in [0.4, 0.5) is 0 Å². The number of hydrogen-bond acceptors (Lipinski definition) is 4. The highest BCUT2D eigenvalue weighted by molar-refractivity contribution is 7.99. The lowest BCUT2D eigenvalue weighted by Crippen LogP contribution is -2.50. The number of likely N-dealkylation sites (tertiary alicyclic amines) is 1. The highest BCUT2D eigenvalue weighted by Crippen LogP contribution is 2.24. The van der Waals surface area contributed by atoms with Gasteiger partial charge in [0.15, 0.2) is 0 Å². The van der Waals surface area contributed by atoms with Crippen LogP contribution in [0, 0.1) is 0 Å². The van der Waals surface area contributed by atoms with Crippen LogP contribution in [0.2, 0.25) is 0 Å². The molecule has 0 unspecified atom stereocenters. The van der Waals surface area contributed by atoms with Crippen LogP contribution < -0.4 is 0 Å². The number of piperidine rings is 1. The van der Waals surface area contributed by atoms with Crippen molar-refractivity contribution < 1.29 is 4.79 Å². The molecule has 1 atom stereocenters. The van der Waals surface area contributed by atoms with Crippen LogP contribution in [0.5, 0.6) is 0 Å². The lowest BCUT2D eigenvalue weighted by Gasteiger charge is -2.40. The van der Waals surface area contributed by atoms with Gasteiger partial charge < -0.3 is 9.47 Å². The van der Waals surface area contributed by atoms with Crippen molar-refractivity contribution in [3.63, 3.8) is 0 Å². The molecular formula is C18H30N4OS. The average molecular weight is 351 g/mol. The van der Waals surface area contributed by atoms with Gasteiger partial charge in [-0.05, 0) is 19.8 Å². The van der Waals surface area contributed by atoms with E-state index in [9.17, 15) is 4.79 Å². The van der Waals surface area contributed by atoms with Gasteiger partial charge in [0, 0.05) is 62.0 Å². The van der Waals surface area contributed by atoms with Gasteiger partial charge in [0.25, 0.3) is 0 Å². The van der Waals surface area contributed by atoms with Crippen LogP contribution in [0.3, 0.4) is 0 Å². The summed E-state index contributed by atoms with van der Waals surface area (Å²) >= 11 is 2.06. The molecule has 0 radical (unpaired) electrons. The van der Waals surface area contributed by atoms with Crippen molar-refractivity contribution in [2.75, 3.05) is 37.7 Å². The van der Waals surface area contributed by atoms with Crippen molar-refractivity contribution in [2.45, 2.75) is 51.6 Å². The van der Waals surface area contributed by atoms with Gasteiger partial charge in [0.1, 0.15) is 11.9 Å². The summed E-state index contributed by atoms with van der Waals surface area (Å²) in [5.41, 5.74) is 0. The maximum atomic E-state index is 12.9. The number of hydrogen-bond donors (Lipinski definition) is 0. The first-order valence-electron chi connectivity index (χ1n) is 9.21. The largest absolute Gasteiger partial charge is 0.341 e. The van der Waals surface area contributed by atoms with Gasteiger partial charge in [0.05, 0.1) is 0 Å². The SMILES string of the molecule is CC(C)c1nccn1[C@@H](C)C(=O)N1CCC(N2CCSCC2)CC1. The summed E-state index contributed by atoms with van der Waals surface area (Å²) < 4.78 is 2.04. The van der Waals surface area contributed by atoms with Crippen LogP contribution >= 0.6 is 11.8 Å². The number of aromatic nitrogens is 2. The molecule has 3 heterocycles. The number of carbonyl (C=O) groups excluding carboxylic acids is 1. The normalized spacial score (nSPS) is 22.1. The number of rotatable bonds is 4. The molecule has 2 fully saturated rings. The van der Waals surface area contributed by atoms with Gasteiger partial charge in [-0.15, -0.1) is 0 Å². The second-order valence-electron chi connectivity index (χ2n) is 7.23. The highest BCUT2D eigenvalue weighted by Gasteiger charge is 2.30. The monoisotopic (exact) mass is 350 g/mol. The molecule has 2 aliphatic heterocycles. The van der Waals surface area contributed by atoms with Gasteiger partial charge in [-0.1, -0.05) is 13.8 Å². The zero-order chi connectivity index (χ0) is 17.1. The van der Waals surface area contributed by atoms with E-state index >= 15 is 0 Å². The quantitative estimate of drug-likeness (QED) is 0.837. The number of thioether (sulfide) groups is 1. The van der Waals surface area contributed by atoms with Gasteiger partial charge in [0.2, 0.25) is 5.91 Å². The lowest BCUT2D eigenvalue weighted by molar-refractivity contribution is -0.136. The average Bonchev–Trinajstić information content (AvgIpc) is 3.11. The third-order valence-electron chi connectivity index (χ3n) is 5.33. The lowest BCUT2D eigenvalue weighted by atomic mass is 10.0. The molecule has 2 saturated heterocycles. The van der Waals surface area contributed by atoms with E-state index in [4.69, 9.17) is 0 Å². The van der Waals surface area contributed by atoms with E-state index in [0.717, 1.165) is 31.8 Å². The molecule has 24 heavy (non-hydrogen) atoms. The van der Waals surface area contributed by atoms with Gasteiger partial charge in [-0.2, -0.15) is 11.8 Å². The molecule has 0 bridgehead atoms. The van der Waals surface area contributed by atoms with Crippen LogP contribution in [-0.4, -0.2) is 69.0 Å². The summed E-state index contributed by atoms with van der Waals surface area (Å²) in [7, 11) is 0. The Morgan fingerprint density at radius 1 is 1.17 bits per heavy atom. The van der Waals surface area contributed by atoms with Crippen molar-refractivity contribution in [3.8, 4) is 0 Å². The van der Waals surface area contributed by atoms with Gasteiger partial charge in [-0.25, -0.2) is 4.98 Å². The van der Waals surface area contributed by atoms with Crippen LogP contribution in [-0.2, 0) is 4.79 Å². The van der Waals surface area contributed by atoms with Gasteiger partial charge in [-0.3, -0.25) is 9.69 Å². The molecule has 1 aromatic heterocycles. The van der Waals surface area contributed by atoms with Crippen molar-refractivity contribution >= 4 is 17.7 Å². The molecule has 2 aliphatic rings. The first-order chi connectivity index (χ1) is 11.6. The Labute approximate surface area is 149 Å². The van der Waals surface area contributed by atoms with Crippen LogP contribution in [0.15, 0.2) is 12.4 Å². The van der Waals surface area contributed by atoms with Crippen molar-refractivity contribution in [2.24, 2.45) is 0 Å². The maximum absolute atomic E-state index is 12.9. The van der Waals surface area contributed by atoms with E-state index in [1.807, 2.05) is 17.7 Å². The Morgan fingerprint density at radius 3 is 2.46 bits per heavy atom. The third-order valence-corrected chi connectivity index (χ3v) is 6.27. The van der Waals surface area contributed by atoms with E-state index in [1.54, 1.807) is 6.20 Å². The molecule has 0 aromatic carbocycles. The Bertz CT molecular complexity index is 545. The van der Waals surface area contributed by atoms with Crippen molar-refractivity contribution in [1.82, 2.24) is 19.4 Å². The number of carbonyl (C=O) groups is 1. The molecule has 1 amide bonds. The number of imidazole rings is 1. The van der Waals surface area contributed by atoms with Crippen molar-refractivity contribution in [3.05, 3.63) is 18.2 Å². The Morgan fingerprint density at radius 2 is 1.83 bits per heavy atom. The fourth-order valence-corrected chi connectivity index (χ4v) is 4.81. The Balaban J connectivity index is 1.57. The summed E-state index contributed by atoms with van der Waals surface area (Å²) in [5.74, 6) is 4.08. The zero-order valence-corrected chi connectivity index (χ0v) is 16.0. The molecule has 0 N–H and O–H groups in total. The fraction of sp³-hybridized carbons (Fsp3) is 0.778. The molecule has 0 saturated carbocycles. The van der Waals surface area contributed by atoms with Gasteiger partial charge >= 0.3 is 0 Å². The molecule has 6 heteroatoms. The molecule has 134 valence electrons. The second-order valence-corrected chi connectivity index (χ2v) is 8.45. The first-order valence-corrected chi connectivity index (χ1v) is 10.4.